The average molecular weight is 311 g/mol. The van der Waals surface area contributed by atoms with Crippen molar-refractivity contribution in [3.05, 3.63) is 59.2 Å². The number of oxazole rings is 1. The minimum Gasteiger partial charge on any atom is -0.442 e. The topological polar surface area (TPSA) is 77.6 Å². The van der Waals surface area contributed by atoms with E-state index in [1.54, 1.807) is 23.2 Å². The lowest BCUT2D eigenvalue weighted by atomic mass is 10.2. The number of para-hydroxylation sites is 1. The van der Waals surface area contributed by atoms with E-state index < -0.39 is 18.0 Å². The van der Waals surface area contributed by atoms with Gasteiger partial charge < -0.3 is 9.15 Å². The van der Waals surface area contributed by atoms with Crippen molar-refractivity contribution >= 4 is 23.0 Å². The summed E-state index contributed by atoms with van der Waals surface area (Å²) in [5, 5.41) is 0. The number of fused-ring (bicyclic) bond motifs is 1. The third-order valence-corrected chi connectivity index (χ3v) is 3.75. The number of carbonyl (C=O) groups is 1. The molecule has 0 radical (unpaired) electrons. The number of nitrogens with zero attached hydrogens (tertiary/aromatic N) is 3. The highest BCUT2D eigenvalue weighted by atomic mass is 16.6. The number of hydrogen-bond acceptors (Lipinski definition) is 5. The zero-order chi connectivity index (χ0) is 15.8. The number of rotatable bonds is 3. The summed E-state index contributed by atoms with van der Waals surface area (Å²) in [4.78, 5) is 29.7. The van der Waals surface area contributed by atoms with Crippen LogP contribution in [0.1, 0.15) is 0 Å². The highest BCUT2D eigenvalue weighted by molar-refractivity contribution is 5.89. The number of benzene rings is 1. The summed E-state index contributed by atoms with van der Waals surface area (Å²) in [5.41, 5.74) is 1.64. The number of anilines is 1. The summed E-state index contributed by atoms with van der Waals surface area (Å²) in [6.45, 7) is 0.576. The first-order valence-electron chi connectivity index (χ1n) is 7.20. The summed E-state index contributed by atoms with van der Waals surface area (Å²) in [5.74, 6) is -0.507. The van der Waals surface area contributed by atoms with Gasteiger partial charge >= 0.3 is 11.8 Å². The fraction of sp³-hybridized carbons (Fsp3) is 0.188. The molecule has 1 unspecified atom stereocenters. The highest BCUT2D eigenvalue weighted by Crippen LogP contribution is 2.22. The maximum Gasteiger partial charge on any atom is 0.421 e. The molecule has 1 aliphatic heterocycles. The van der Waals surface area contributed by atoms with Crippen LogP contribution in [0, 0.1) is 0 Å². The van der Waals surface area contributed by atoms with Crippen LogP contribution in [0.15, 0.2) is 57.9 Å². The number of amides is 1. The number of pyridine rings is 1. The van der Waals surface area contributed by atoms with E-state index in [0.717, 1.165) is 5.69 Å². The molecule has 0 N–H and O–H groups in total. The standard InChI is InChI=1S/C16H13N3O4/c20-15-18(11-5-2-1-3-6-11)9-12(22-15)10-19-14-13(23-16(19)21)7-4-8-17-14/h1-8,12H,9-10H2. The molecular weight excluding hydrogens is 298 g/mol. The zero-order valence-electron chi connectivity index (χ0n) is 12.1. The fourth-order valence-corrected chi connectivity index (χ4v) is 2.70. The van der Waals surface area contributed by atoms with Gasteiger partial charge in [0.2, 0.25) is 0 Å². The number of hydrogen-bond donors (Lipinski definition) is 0. The molecular formula is C16H13N3O4. The molecule has 2 aromatic heterocycles. The monoisotopic (exact) mass is 311 g/mol. The fourth-order valence-electron chi connectivity index (χ4n) is 2.70. The second kappa shape index (κ2) is 5.28. The lowest BCUT2D eigenvalue weighted by molar-refractivity contribution is 0.131. The van der Waals surface area contributed by atoms with E-state index in [1.165, 1.54) is 4.57 Å². The summed E-state index contributed by atoms with van der Waals surface area (Å²) >= 11 is 0. The SMILES string of the molecule is O=C1OC(Cn2c(=O)oc3cccnc32)CN1c1ccccc1. The van der Waals surface area contributed by atoms with Gasteiger partial charge in [-0.25, -0.2) is 14.6 Å². The number of cyclic esters (lactones) is 1. The first kappa shape index (κ1) is 13.6. The van der Waals surface area contributed by atoms with Crippen molar-refractivity contribution in [1.82, 2.24) is 9.55 Å². The van der Waals surface area contributed by atoms with Crippen LogP contribution in [-0.2, 0) is 11.3 Å². The number of aromatic nitrogens is 2. The Balaban J connectivity index is 1.59. The van der Waals surface area contributed by atoms with Gasteiger partial charge in [0.15, 0.2) is 11.2 Å². The normalized spacial score (nSPS) is 17.7. The summed E-state index contributed by atoms with van der Waals surface area (Å²) in [6, 6.07) is 12.6. The van der Waals surface area contributed by atoms with E-state index >= 15 is 0 Å². The molecule has 3 aromatic rings. The Labute approximate surface area is 130 Å². The van der Waals surface area contributed by atoms with Crippen LogP contribution in [0.2, 0.25) is 0 Å². The lowest BCUT2D eigenvalue weighted by Gasteiger charge is -2.12. The largest absolute Gasteiger partial charge is 0.442 e. The van der Waals surface area contributed by atoms with E-state index in [-0.39, 0.29) is 6.54 Å². The molecule has 1 saturated heterocycles. The van der Waals surface area contributed by atoms with E-state index in [2.05, 4.69) is 4.98 Å². The van der Waals surface area contributed by atoms with Crippen LogP contribution in [-0.4, -0.2) is 28.3 Å². The van der Waals surface area contributed by atoms with E-state index in [0.29, 0.717) is 17.8 Å². The van der Waals surface area contributed by atoms with Gasteiger partial charge in [-0.2, -0.15) is 0 Å². The summed E-state index contributed by atoms with van der Waals surface area (Å²) < 4.78 is 11.9. The minimum atomic E-state index is -0.507. The molecule has 1 atom stereocenters. The van der Waals surface area contributed by atoms with Gasteiger partial charge in [0.1, 0.15) is 6.10 Å². The maximum absolute atomic E-state index is 12.0. The molecule has 0 spiro atoms. The molecule has 116 valence electrons. The second-order valence-electron chi connectivity index (χ2n) is 5.26. The van der Waals surface area contributed by atoms with Gasteiger partial charge in [0, 0.05) is 11.9 Å². The number of carbonyl (C=O) groups excluding carboxylic acids is 1. The predicted octanol–water partition coefficient (Wildman–Crippen LogP) is 2.01. The molecule has 23 heavy (non-hydrogen) atoms. The maximum atomic E-state index is 12.0. The molecule has 0 saturated carbocycles. The molecule has 1 fully saturated rings. The summed E-state index contributed by atoms with van der Waals surface area (Å²) in [6.07, 6.45) is 0.725. The van der Waals surface area contributed by atoms with Gasteiger partial charge in [0.05, 0.1) is 13.1 Å². The average Bonchev–Trinajstić information content (AvgIpc) is 3.09. The zero-order valence-corrected chi connectivity index (χ0v) is 12.1. The second-order valence-corrected chi connectivity index (χ2v) is 5.26. The van der Waals surface area contributed by atoms with Crippen LogP contribution in [0.4, 0.5) is 10.5 Å². The van der Waals surface area contributed by atoms with E-state index in [4.69, 9.17) is 9.15 Å². The molecule has 7 nitrogen and oxygen atoms in total. The lowest BCUT2D eigenvalue weighted by Crippen LogP contribution is -2.28. The first-order chi connectivity index (χ1) is 11.2. The highest BCUT2D eigenvalue weighted by Gasteiger charge is 2.33. The predicted molar refractivity (Wildman–Crippen MR) is 82.3 cm³/mol. The smallest absolute Gasteiger partial charge is 0.421 e. The molecule has 0 bridgehead atoms. The molecule has 7 heteroatoms. The van der Waals surface area contributed by atoms with Crippen LogP contribution in [0.5, 0.6) is 0 Å². The van der Waals surface area contributed by atoms with Gasteiger partial charge in [-0.15, -0.1) is 0 Å². The van der Waals surface area contributed by atoms with Gasteiger partial charge in [0.25, 0.3) is 0 Å². The Kier molecular flexibility index (Phi) is 3.11. The molecule has 0 aliphatic carbocycles. The Bertz CT molecular complexity index is 916. The van der Waals surface area contributed by atoms with Crippen LogP contribution >= 0.6 is 0 Å². The van der Waals surface area contributed by atoms with E-state index in [9.17, 15) is 9.59 Å². The van der Waals surface area contributed by atoms with Gasteiger partial charge in [-0.05, 0) is 24.3 Å². The first-order valence-corrected chi connectivity index (χ1v) is 7.20. The molecule has 1 aliphatic rings. The molecule has 1 amide bonds. The third kappa shape index (κ3) is 2.36. The van der Waals surface area contributed by atoms with Crippen LogP contribution < -0.4 is 10.7 Å². The van der Waals surface area contributed by atoms with Crippen molar-refractivity contribution in [2.45, 2.75) is 12.6 Å². The quantitative estimate of drug-likeness (QED) is 0.739. The third-order valence-electron chi connectivity index (χ3n) is 3.75. The van der Waals surface area contributed by atoms with Crippen molar-refractivity contribution in [3.63, 3.8) is 0 Å². The Morgan fingerprint density at radius 1 is 1.13 bits per heavy atom. The van der Waals surface area contributed by atoms with Crippen molar-refractivity contribution < 1.29 is 13.9 Å². The Hall–Kier alpha value is -3.09. The van der Waals surface area contributed by atoms with E-state index in [1.807, 2.05) is 30.3 Å². The van der Waals surface area contributed by atoms with Crippen LogP contribution in [0.25, 0.3) is 11.2 Å². The molecule has 3 heterocycles. The Morgan fingerprint density at radius 3 is 2.78 bits per heavy atom. The van der Waals surface area contributed by atoms with Crippen molar-refractivity contribution in [2.24, 2.45) is 0 Å². The van der Waals surface area contributed by atoms with Crippen molar-refractivity contribution in [3.8, 4) is 0 Å². The molecule has 4 rings (SSSR count). The number of ether oxygens (including phenoxy) is 1. The van der Waals surface area contributed by atoms with Gasteiger partial charge in [-0.1, -0.05) is 18.2 Å². The van der Waals surface area contributed by atoms with Crippen LogP contribution in [0.3, 0.4) is 0 Å². The van der Waals surface area contributed by atoms with Gasteiger partial charge in [-0.3, -0.25) is 9.47 Å². The Morgan fingerprint density at radius 2 is 1.96 bits per heavy atom. The van der Waals surface area contributed by atoms with Crippen molar-refractivity contribution in [1.29, 1.82) is 0 Å². The minimum absolute atomic E-state index is 0.206. The molecule has 1 aromatic carbocycles. The summed E-state index contributed by atoms with van der Waals surface area (Å²) in [7, 11) is 0. The van der Waals surface area contributed by atoms with Crippen molar-refractivity contribution in [2.75, 3.05) is 11.4 Å².